The highest BCUT2D eigenvalue weighted by molar-refractivity contribution is 5.42. The molecule has 0 saturated carbocycles. The van der Waals surface area contributed by atoms with E-state index in [9.17, 15) is 0 Å². The number of hydrogen-bond acceptors (Lipinski definition) is 4. The Morgan fingerprint density at radius 2 is 2.22 bits per heavy atom. The van der Waals surface area contributed by atoms with Crippen molar-refractivity contribution < 1.29 is 4.74 Å². The first kappa shape index (κ1) is 12.6. The summed E-state index contributed by atoms with van der Waals surface area (Å²) in [4.78, 5) is 4.33. The van der Waals surface area contributed by atoms with E-state index in [1.54, 1.807) is 13.4 Å². The maximum atomic E-state index is 5.66. The van der Waals surface area contributed by atoms with Crippen LogP contribution < -0.4 is 16.0 Å². The number of nitrogens with zero attached hydrogens (tertiary/aromatic N) is 2. The highest BCUT2D eigenvalue weighted by atomic mass is 16.5. The Hall–Kier alpha value is -1.85. The molecule has 18 heavy (non-hydrogen) atoms. The molecule has 3 N–H and O–H groups in total. The number of hydrogen-bond donors (Lipinski definition) is 2. The van der Waals surface area contributed by atoms with Gasteiger partial charge >= 0.3 is 0 Å². The summed E-state index contributed by atoms with van der Waals surface area (Å²) in [6.07, 6.45) is 3.69. The van der Waals surface area contributed by atoms with Crippen LogP contribution in [0, 0.1) is 6.92 Å². The van der Waals surface area contributed by atoms with Gasteiger partial charge in [0.1, 0.15) is 5.75 Å². The molecule has 0 bridgehead atoms. The van der Waals surface area contributed by atoms with Gasteiger partial charge in [-0.1, -0.05) is 17.7 Å². The first-order chi connectivity index (χ1) is 8.65. The maximum Gasteiger partial charge on any atom is 0.124 e. The average Bonchev–Trinajstić information content (AvgIpc) is 2.77. The summed E-state index contributed by atoms with van der Waals surface area (Å²) in [5, 5.41) is 0. The van der Waals surface area contributed by atoms with Gasteiger partial charge in [-0.05, 0) is 13.0 Å². The molecule has 0 saturated heterocycles. The molecule has 0 aliphatic heterocycles. The first-order valence-electron chi connectivity index (χ1n) is 5.74. The number of imidazole rings is 1. The SMILES string of the molecule is COc1ccc(C)cc1C(NN)c1cn(C)cn1. The van der Waals surface area contributed by atoms with Gasteiger partial charge in [0.2, 0.25) is 0 Å². The lowest BCUT2D eigenvalue weighted by Crippen LogP contribution is -2.29. The molecule has 0 amide bonds. The van der Waals surface area contributed by atoms with Crippen LogP contribution in [-0.4, -0.2) is 16.7 Å². The molecule has 0 aliphatic rings. The molecule has 1 unspecified atom stereocenters. The molecule has 2 aromatic rings. The fourth-order valence-electron chi connectivity index (χ4n) is 2.00. The highest BCUT2D eigenvalue weighted by Gasteiger charge is 2.19. The van der Waals surface area contributed by atoms with Crippen molar-refractivity contribution in [2.24, 2.45) is 12.9 Å². The summed E-state index contributed by atoms with van der Waals surface area (Å²) < 4.78 is 7.27. The monoisotopic (exact) mass is 246 g/mol. The zero-order valence-corrected chi connectivity index (χ0v) is 10.8. The van der Waals surface area contributed by atoms with Crippen molar-refractivity contribution in [3.63, 3.8) is 0 Å². The van der Waals surface area contributed by atoms with Crippen molar-refractivity contribution in [3.05, 3.63) is 47.5 Å². The van der Waals surface area contributed by atoms with Gasteiger partial charge in [0.25, 0.3) is 0 Å². The van der Waals surface area contributed by atoms with Crippen molar-refractivity contribution in [2.75, 3.05) is 7.11 Å². The third-order valence-electron chi connectivity index (χ3n) is 2.88. The van der Waals surface area contributed by atoms with Gasteiger partial charge in [-0.15, -0.1) is 0 Å². The molecule has 5 nitrogen and oxygen atoms in total. The minimum Gasteiger partial charge on any atom is -0.496 e. The number of rotatable bonds is 4. The van der Waals surface area contributed by atoms with Crippen LogP contribution in [0.2, 0.25) is 0 Å². The fourth-order valence-corrected chi connectivity index (χ4v) is 2.00. The number of nitrogens with two attached hydrogens (primary N) is 1. The zero-order valence-electron chi connectivity index (χ0n) is 10.8. The van der Waals surface area contributed by atoms with Crippen molar-refractivity contribution in [1.82, 2.24) is 15.0 Å². The Labute approximate surface area is 107 Å². The molecule has 1 atom stereocenters. The number of ether oxygens (including phenoxy) is 1. The quantitative estimate of drug-likeness (QED) is 0.630. The topological polar surface area (TPSA) is 65.1 Å². The van der Waals surface area contributed by atoms with Crippen molar-refractivity contribution >= 4 is 0 Å². The molecule has 2 rings (SSSR count). The largest absolute Gasteiger partial charge is 0.496 e. The lowest BCUT2D eigenvalue weighted by Gasteiger charge is -2.18. The van der Waals surface area contributed by atoms with E-state index in [1.165, 1.54) is 0 Å². The molecule has 1 aromatic carbocycles. The summed E-state index contributed by atoms with van der Waals surface area (Å²) in [5.41, 5.74) is 5.80. The van der Waals surface area contributed by atoms with E-state index in [0.29, 0.717) is 0 Å². The van der Waals surface area contributed by atoms with Gasteiger partial charge in [-0.25, -0.2) is 10.4 Å². The van der Waals surface area contributed by atoms with E-state index in [1.807, 2.05) is 36.9 Å². The van der Waals surface area contributed by atoms with E-state index >= 15 is 0 Å². The standard InChI is InChI=1S/C13H18N4O/c1-9-4-5-12(18-3)10(6-9)13(16-14)11-7-17(2)8-15-11/h4-8,13,16H,14H2,1-3H3. The van der Waals surface area contributed by atoms with Crippen LogP contribution in [0.4, 0.5) is 0 Å². The minimum absolute atomic E-state index is 0.180. The first-order valence-corrected chi connectivity index (χ1v) is 5.74. The fraction of sp³-hybridized carbons (Fsp3) is 0.308. The number of aromatic nitrogens is 2. The minimum atomic E-state index is -0.180. The Morgan fingerprint density at radius 3 is 2.78 bits per heavy atom. The van der Waals surface area contributed by atoms with E-state index < -0.39 is 0 Å². The third kappa shape index (κ3) is 2.37. The number of hydrazine groups is 1. The second-order valence-electron chi connectivity index (χ2n) is 4.31. The zero-order chi connectivity index (χ0) is 13.1. The molecular formula is C13H18N4O. The average molecular weight is 246 g/mol. The van der Waals surface area contributed by atoms with Gasteiger partial charge in [-0.3, -0.25) is 5.84 Å². The Balaban J connectivity index is 2.47. The van der Waals surface area contributed by atoms with Crippen LogP contribution in [0.15, 0.2) is 30.7 Å². The molecule has 0 fully saturated rings. The molecule has 1 aromatic heterocycles. The summed E-state index contributed by atoms with van der Waals surface area (Å²) >= 11 is 0. The van der Waals surface area contributed by atoms with Crippen LogP contribution >= 0.6 is 0 Å². The lowest BCUT2D eigenvalue weighted by atomic mass is 10.0. The normalized spacial score (nSPS) is 12.4. The number of methoxy groups -OCH3 is 1. The second-order valence-corrected chi connectivity index (χ2v) is 4.31. The second kappa shape index (κ2) is 5.20. The Kier molecular flexibility index (Phi) is 3.64. The van der Waals surface area contributed by atoms with Crippen molar-refractivity contribution in [3.8, 4) is 5.75 Å². The number of aryl methyl sites for hydroxylation is 2. The van der Waals surface area contributed by atoms with Crippen molar-refractivity contribution in [2.45, 2.75) is 13.0 Å². The third-order valence-corrected chi connectivity index (χ3v) is 2.88. The molecule has 0 aliphatic carbocycles. The molecule has 1 heterocycles. The van der Waals surface area contributed by atoms with E-state index in [4.69, 9.17) is 10.6 Å². The van der Waals surface area contributed by atoms with Crippen LogP contribution in [0.25, 0.3) is 0 Å². The Morgan fingerprint density at radius 1 is 1.44 bits per heavy atom. The number of benzene rings is 1. The summed E-state index contributed by atoms with van der Waals surface area (Å²) in [6.45, 7) is 2.04. The summed E-state index contributed by atoms with van der Waals surface area (Å²) in [5.74, 6) is 6.47. The summed E-state index contributed by atoms with van der Waals surface area (Å²) in [6, 6.07) is 5.82. The van der Waals surface area contributed by atoms with E-state index in [0.717, 1.165) is 22.6 Å². The van der Waals surface area contributed by atoms with Crippen LogP contribution in [-0.2, 0) is 7.05 Å². The molecule has 0 spiro atoms. The van der Waals surface area contributed by atoms with Gasteiger partial charge in [0, 0.05) is 18.8 Å². The van der Waals surface area contributed by atoms with Crippen LogP contribution in [0.5, 0.6) is 5.75 Å². The van der Waals surface area contributed by atoms with Crippen molar-refractivity contribution in [1.29, 1.82) is 0 Å². The molecule has 0 radical (unpaired) electrons. The lowest BCUT2D eigenvalue weighted by molar-refractivity contribution is 0.403. The van der Waals surface area contributed by atoms with Gasteiger partial charge < -0.3 is 9.30 Å². The highest BCUT2D eigenvalue weighted by Crippen LogP contribution is 2.29. The maximum absolute atomic E-state index is 5.66. The van der Waals surface area contributed by atoms with Crippen LogP contribution in [0.3, 0.4) is 0 Å². The molecule has 5 heteroatoms. The Bertz CT molecular complexity index is 536. The predicted molar refractivity (Wildman–Crippen MR) is 70.1 cm³/mol. The van der Waals surface area contributed by atoms with Gasteiger partial charge in [0.15, 0.2) is 0 Å². The predicted octanol–water partition coefficient (Wildman–Crippen LogP) is 1.29. The van der Waals surface area contributed by atoms with E-state index in [-0.39, 0.29) is 6.04 Å². The number of nitrogens with one attached hydrogen (secondary N) is 1. The van der Waals surface area contributed by atoms with Crippen LogP contribution in [0.1, 0.15) is 22.9 Å². The summed E-state index contributed by atoms with van der Waals surface area (Å²) in [7, 11) is 3.58. The molecule has 96 valence electrons. The van der Waals surface area contributed by atoms with Gasteiger partial charge in [-0.2, -0.15) is 0 Å². The van der Waals surface area contributed by atoms with Gasteiger partial charge in [0.05, 0.1) is 25.2 Å². The smallest absolute Gasteiger partial charge is 0.124 e. The molecular weight excluding hydrogens is 228 g/mol. The van der Waals surface area contributed by atoms with E-state index in [2.05, 4.69) is 16.5 Å².